The summed E-state index contributed by atoms with van der Waals surface area (Å²) in [5.74, 6) is 0.228. The summed E-state index contributed by atoms with van der Waals surface area (Å²) in [5, 5.41) is 3.03. The molecule has 2 atom stereocenters. The first kappa shape index (κ1) is 17.8. The molecule has 1 aromatic carbocycles. The lowest BCUT2D eigenvalue weighted by molar-refractivity contribution is -0.127. The number of carbonyl (C=O) groups is 2. The van der Waals surface area contributed by atoms with E-state index in [-0.39, 0.29) is 42.6 Å². The smallest absolute Gasteiger partial charge is 0.227 e. The number of amides is 2. The van der Waals surface area contributed by atoms with Crippen LogP contribution in [0.1, 0.15) is 24.8 Å². The van der Waals surface area contributed by atoms with E-state index in [9.17, 15) is 9.59 Å². The van der Waals surface area contributed by atoms with Gasteiger partial charge in [-0.05, 0) is 37.8 Å². The van der Waals surface area contributed by atoms with Crippen molar-refractivity contribution in [2.24, 2.45) is 17.6 Å². The molecule has 2 amide bonds. The molecule has 1 saturated carbocycles. The number of halogens is 1. The fourth-order valence-corrected chi connectivity index (χ4v) is 3.03. The molecule has 2 unspecified atom stereocenters. The van der Waals surface area contributed by atoms with Gasteiger partial charge in [0.1, 0.15) is 0 Å². The van der Waals surface area contributed by atoms with Gasteiger partial charge in [0.25, 0.3) is 0 Å². The van der Waals surface area contributed by atoms with Crippen molar-refractivity contribution in [1.29, 1.82) is 0 Å². The highest BCUT2D eigenvalue weighted by Gasteiger charge is 2.38. The van der Waals surface area contributed by atoms with Crippen molar-refractivity contribution in [3.8, 4) is 0 Å². The molecule has 5 nitrogen and oxygen atoms in total. The average Bonchev–Trinajstić information content (AvgIpc) is 3.28. The number of benzene rings is 1. The van der Waals surface area contributed by atoms with Crippen molar-refractivity contribution in [2.45, 2.75) is 32.2 Å². The quantitative estimate of drug-likeness (QED) is 0.857. The van der Waals surface area contributed by atoms with E-state index in [0.717, 1.165) is 24.1 Å². The summed E-state index contributed by atoms with van der Waals surface area (Å²) in [6.45, 7) is 2.94. The van der Waals surface area contributed by atoms with Gasteiger partial charge in [0, 0.05) is 31.2 Å². The SMILES string of the molecule is Cc1ccc(N2CC(C(=O)NC(CN)C3CC3)CC2=O)cc1.Cl. The number of nitrogens with one attached hydrogen (secondary N) is 1. The van der Waals surface area contributed by atoms with Gasteiger partial charge in [-0.3, -0.25) is 9.59 Å². The molecule has 1 aliphatic heterocycles. The highest BCUT2D eigenvalue weighted by atomic mass is 35.5. The Bertz CT molecular complexity index is 572. The Balaban J connectivity index is 0.00000192. The molecule has 3 rings (SSSR count). The fraction of sp³-hybridized carbons (Fsp3) is 0.529. The predicted octanol–water partition coefficient (Wildman–Crippen LogP) is 1.62. The van der Waals surface area contributed by atoms with Crippen molar-refractivity contribution in [1.82, 2.24) is 5.32 Å². The van der Waals surface area contributed by atoms with E-state index in [1.165, 1.54) is 0 Å². The van der Waals surface area contributed by atoms with Crippen LogP contribution in [0, 0.1) is 18.8 Å². The summed E-state index contributed by atoms with van der Waals surface area (Å²) in [6.07, 6.45) is 2.56. The Morgan fingerprint density at radius 2 is 2.00 bits per heavy atom. The maximum absolute atomic E-state index is 12.4. The largest absolute Gasteiger partial charge is 0.352 e. The highest BCUT2D eigenvalue weighted by Crippen LogP contribution is 2.32. The summed E-state index contributed by atoms with van der Waals surface area (Å²) >= 11 is 0. The lowest BCUT2D eigenvalue weighted by atomic mass is 10.1. The van der Waals surface area contributed by atoms with E-state index in [0.29, 0.717) is 19.0 Å². The summed E-state index contributed by atoms with van der Waals surface area (Å²) < 4.78 is 0. The van der Waals surface area contributed by atoms with Crippen molar-refractivity contribution in [3.63, 3.8) is 0 Å². The molecule has 3 N–H and O–H groups in total. The van der Waals surface area contributed by atoms with Crippen LogP contribution >= 0.6 is 12.4 Å². The van der Waals surface area contributed by atoms with Gasteiger partial charge in [-0.15, -0.1) is 12.4 Å². The topological polar surface area (TPSA) is 75.4 Å². The summed E-state index contributed by atoms with van der Waals surface area (Å²) in [4.78, 5) is 26.3. The van der Waals surface area contributed by atoms with E-state index in [1.54, 1.807) is 4.90 Å². The Morgan fingerprint density at radius 3 is 2.57 bits per heavy atom. The van der Waals surface area contributed by atoms with Gasteiger partial charge in [-0.2, -0.15) is 0 Å². The van der Waals surface area contributed by atoms with Gasteiger partial charge in [-0.25, -0.2) is 0 Å². The van der Waals surface area contributed by atoms with Crippen molar-refractivity contribution >= 4 is 29.9 Å². The fourth-order valence-electron chi connectivity index (χ4n) is 3.03. The van der Waals surface area contributed by atoms with Gasteiger partial charge in [-0.1, -0.05) is 17.7 Å². The lowest BCUT2D eigenvalue weighted by Gasteiger charge is -2.20. The van der Waals surface area contributed by atoms with Crippen LogP contribution in [0.4, 0.5) is 5.69 Å². The van der Waals surface area contributed by atoms with E-state index in [1.807, 2.05) is 31.2 Å². The number of nitrogens with two attached hydrogens (primary N) is 1. The van der Waals surface area contributed by atoms with E-state index in [2.05, 4.69) is 5.32 Å². The van der Waals surface area contributed by atoms with Crippen LogP contribution in [-0.4, -0.2) is 30.9 Å². The molecular formula is C17H24ClN3O2. The lowest BCUT2D eigenvalue weighted by Crippen LogP contribution is -2.45. The van der Waals surface area contributed by atoms with Gasteiger partial charge in [0.15, 0.2) is 0 Å². The predicted molar refractivity (Wildman–Crippen MR) is 92.6 cm³/mol. The monoisotopic (exact) mass is 337 g/mol. The molecule has 1 aliphatic carbocycles. The minimum atomic E-state index is -0.276. The number of anilines is 1. The first-order valence-corrected chi connectivity index (χ1v) is 7.96. The summed E-state index contributed by atoms with van der Waals surface area (Å²) in [6, 6.07) is 7.89. The van der Waals surface area contributed by atoms with Crippen LogP contribution < -0.4 is 16.0 Å². The zero-order valence-electron chi connectivity index (χ0n) is 13.3. The van der Waals surface area contributed by atoms with Crippen LogP contribution in [-0.2, 0) is 9.59 Å². The second kappa shape index (κ2) is 7.32. The first-order chi connectivity index (χ1) is 10.6. The molecule has 1 saturated heterocycles. The molecule has 0 aromatic heterocycles. The minimum Gasteiger partial charge on any atom is -0.352 e. The van der Waals surface area contributed by atoms with Crippen molar-refractivity contribution < 1.29 is 9.59 Å². The first-order valence-electron chi connectivity index (χ1n) is 7.96. The Kier molecular flexibility index (Phi) is 5.65. The zero-order valence-corrected chi connectivity index (χ0v) is 14.1. The molecule has 0 spiro atoms. The normalized spacial score (nSPS) is 21.7. The van der Waals surface area contributed by atoms with E-state index < -0.39 is 0 Å². The summed E-state index contributed by atoms with van der Waals surface area (Å²) in [7, 11) is 0. The molecule has 23 heavy (non-hydrogen) atoms. The number of nitrogens with zero attached hydrogens (tertiary/aromatic N) is 1. The van der Waals surface area contributed by atoms with E-state index >= 15 is 0 Å². The standard InChI is InChI=1S/C17H23N3O2.ClH/c1-11-2-6-14(7-3-11)20-10-13(8-16(20)21)17(22)19-15(9-18)12-4-5-12;/h2-3,6-7,12-13,15H,4-5,8-10,18H2,1H3,(H,19,22);1H. The minimum absolute atomic E-state index is 0. The van der Waals surface area contributed by atoms with Crippen LogP contribution in [0.25, 0.3) is 0 Å². The highest BCUT2D eigenvalue weighted by molar-refractivity contribution is 6.00. The number of aryl methyl sites for hydroxylation is 1. The molecule has 2 aliphatic rings. The molecule has 0 bridgehead atoms. The second-order valence-corrected chi connectivity index (χ2v) is 6.43. The van der Waals surface area contributed by atoms with Crippen LogP contribution in [0.3, 0.4) is 0 Å². The molecule has 1 aromatic rings. The molecule has 126 valence electrons. The van der Waals surface area contributed by atoms with Gasteiger partial charge in [0.2, 0.25) is 11.8 Å². The van der Waals surface area contributed by atoms with Gasteiger partial charge < -0.3 is 16.0 Å². The molecule has 2 fully saturated rings. The Hall–Kier alpha value is -1.59. The van der Waals surface area contributed by atoms with Crippen molar-refractivity contribution in [2.75, 3.05) is 18.0 Å². The average molecular weight is 338 g/mol. The molecule has 6 heteroatoms. The second-order valence-electron chi connectivity index (χ2n) is 6.43. The van der Waals surface area contributed by atoms with Crippen LogP contribution in [0.2, 0.25) is 0 Å². The van der Waals surface area contributed by atoms with Gasteiger partial charge >= 0.3 is 0 Å². The van der Waals surface area contributed by atoms with Gasteiger partial charge in [0.05, 0.1) is 5.92 Å². The third-order valence-corrected chi connectivity index (χ3v) is 4.61. The number of rotatable bonds is 5. The molecule has 1 heterocycles. The summed E-state index contributed by atoms with van der Waals surface area (Å²) in [5.41, 5.74) is 7.75. The third kappa shape index (κ3) is 4.03. The number of hydrogen-bond donors (Lipinski definition) is 2. The van der Waals surface area contributed by atoms with E-state index in [4.69, 9.17) is 5.73 Å². The maximum Gasteiger partial charge on any atom is 0.227 e. The number of carbonyl (C=O) groups excluding carboxylic acids is 2. The molecular weight excluding hydrogens is 314 g/mol. The maximum atomic E-state index is 12.4. The number of hydrogen-bond acceptors (Lipinski definition) is 3. The Labute approximate surface area is 143 Å². The third-order valence-electron chi connectivity index (χ3n) is 4.61. The van der Waals surface area contributed by atoms with Crippen LogP contribution in [0.15, 0.2) is 24.3 Å². The van der Waals surface area contributed by atoms with Crippen molar-refractivity contribution in [3.05, 3.63) is 29.8 Å². The molecule has 0 radical (unpaired) electrons. The Morgan fingerprint density at radius 1 is 1.35 bits per heavy atom. The zero-order chi connectivity index (χ0) is 15.7. The van der Waals surface area contributed by atoms with Crippen LogP contribution in [0.5, 0.6) is 0 Å².